The number of hydrogen-bond acceptors (Lipinski definition) is 1. The molecule has 0 bridgehead atoms. The SMILES string of the molecule is CC1CCNc2ccc(Cl)cc21. The lowest BCUT2D eigenvalue weighted by Gasteiger charge is -2.23. The van der Waals surface area contributed by atoms with Gasteiger partial charge in [-0.3, -0.25) is 0 Å². The quantitative estimate of drug-likeness (QED) is 0.648. The van der Waals surface area contributed by atoms with E-state index < -0.39 is 0 Å². The highest BCUT2D eigenvalue weighted by Crippen LogP contribution is 2.32. The molecule has 64 valence electrons. The maximum atomic E-state index is 5.91. The highest BCUT2D eigenvalue weighted by Gasteiger charge is 2.15. The fourth-order valence-corrected chi connectivity index (χ4v) is 1.86. The highest BCUT2D eigenvalue weighted by atomic mass is 35.5. The van der Waals surface area contributed by atoms with E-state index in [0.717, 1.165) is 11.6 Å². The second kappa shape index (κ2) is 2.98. The van der Waals surface area contributed by atoms with E-state index in [2.05, 4.69) is 24.4 Å². The van der Waals surface area contributed by atoms with Gasteiger partial charge in [-0.15, -0.1) is 0 Å². The van der Waals surface area contributed by atoms with Crippen LogP contribution in [0, 0.1) is 0 Å². The molecule has 0 amide bonds. The Kier molecular flexibility index (Phi) is 1.97. The molecule has 0 saturated carbocycles. The lowest BCUT2D eigenvalue weighted by Crippen LogP contribution is -2.14. The lowest BCUT2D eigenvalue weighted by molar-refractivity contribution is 0.684. The summed E-state index contributed by atoms with van der Waals surface area (Å²) >= 11 is 5.91. The van der Waals surface area contributed by atoms with Gasteiger partial charge in [0.2, 0.25) is 0 Å². The molecule has 0 saturated heterocycles. The Labute approximate surface area is 77.7 Å². The van der Waals surface area contributed by atoms with Crippen LogP contribution in [0.15, 0.2) is 18.2 Å². The first-order chi connectivity index (χ1) is 5.77. The summed E-state index contributed by atoms with van der Waals surface area (Å²) in [4.78, 5) is 0. The summed E-state index contributed by atoms with van der Waals surface area (Å²) in [5, 5.41) is 4.20. The molecule has 1 aliphatic heterocycles. The Balaban J connectivity index is 2.47. The van der Waals surface area contributed by atoms with E-state index in [0.29, 0.717) is 5.92 Å². The van der Waals surface area contributed by atoms with E-state index in [1.807, 2.05) is 6.07 Å². The minimum absolute atomic E-state index is 0.639. The molecule has 0 fully saturated rings. The zero-order chi connectivity index (χ0) is 8.55. The van der Waals surface area contributed by atoms with Crippen LogP contribution in [0.1, 0.15) is 24.8 Å². The summed E-state index contributed by atoms with van der Waals surface area (Å²) in [5.74, 6) is 0.639. The first-order valence-electron chi connectivity index (χ1n) is 4.30. The Morgan fingerprint density at radius 2 is 2.33 bits per heavy atom. The van der Waals surface area contributed by atoms with Gasteiger partial charge in [-0.05, 0) is 36.1 Å². The Morgan fingerprint density at radius 3 is 3.17 bits per heavy atom. The van der Waals surface area contributed by atoms with Crippen molar-refractivity contribution < 1.29 is 0 Å². The number of rotatable bonds is 0. The van der Waals surface area contributed by atoms with Crippen LogP contribution in [0.5, 0.6) is 0 Å². The van der Waals surface area contributed by atoms with Crippen LogP contribution in [0.4, 0.5) is 5.69 Å². The second-order valence-electron chi connectivity index (χ2n) is 3.35. The van der Waals surface area contributed by atoms with Crippen LogP contribution in [0.25, 0.3) is 0 Å². The highest BCUT2D eigenvalue weighted by molar-refractivity contribution is 6.30. The zero-order valence-electron chi connectivity index (χ0n) is 7.10. The summed E-state index contributed by atoms with van der Waals surface area (Å²) < 4.78 is 0. The van der Waals surface area contributed by atoms with Crippen molar-refractivity contribution in [1.82, 2.24) is 0 Å². The zero-order valence-corrected chi connectivity index (χ0v) is 7.86. The van der Waals surface area contributed by atoms with Crippen LogP contribution >= 0.6 is 11.6 Å². The fourth-order valence-electron chi connectivity index (χ4n) is 1.68. The molecule has 1 heterocycles. The number of halogens is 1. The van der Waals surface area contributed by atoms with E-state index in [9.17, 15) is 0 Å². The number of hydrogen-bond donors (Lipinski definition) is 1. The smallest absolute Gasteiger partial charge is 0.0410 e. The Morgan fingerprint density at radius 1 is 1.50 bits per heavy atom. The summed E-state index contributed by atoms with van der Waals surface area (Å²) in [5.41, 5.74) is 2.60. The van der Waals surface area contributed by atoms with Crippen LogP contribution in [0.2, 0.25) is 5.02 Å². The average Bonchev–Trinajstić information content (AvgIpc) is 2.07. The first kappa shape index (κ1) is 7.93. The fraction of sp³-hybridized carbons (Fsp3) is 0.400. The molecule has 0 aliphatic carbocycles. The van der Waals surface area contributed by atoms with Gasteiger partial charge in [0.25, 0.3) is 0 Å². The predicted octanol–water partition coefficient (Wildman–Crippen LogP) is 3.26. The Hall–Kier alpha value is -0.690. The number of fused-ring (bicyclic) bond motifs is 1. The Bertz CT molecular complexity index is 296. The summed E-state index contributed by atoms with van der Waals surface area (Å²) in [6, 6.07) is 6.06. The van der Waals surface area contributed by atoms with Gasteiger partial charge in [-0.2, -0.15) is 0 Å². The van der Waals surface area contributed by atoms with Gasteiger partial charge in [0.1, 0.15) is 0 Å². The molecule has 1 atom stereocenters. The average molecular weight is 182 g/mol. The molecule has 0 aromatic heterocycles. The third-order valence-corrected chi connectivity index (χ3v) is 2.67. The van der Waals surface area contributed by atoms with Gasteiger partial charge in [-0.1, -0.05) is 18.5 Å². The van der Waals surface area contributed by atoms with Gasteiger partial charge in [-0.25, -0.2) is 0 Å². The maximum absolute atomic E-state index is 5.91. The van der Waals surface area contributed by atoms with Gasteiger partial charge in [0, 0.05) is 17.3 Å². The molecule has 2 rings (SSSR count). The normalized spacial score (nSPS) is 21.3. The number of nitrogens with one attached hydrogen (secondary N) is 1. The van der Waals surface area contributed by atoms with Crippen molar-refractivity contribution >= 4 is 17.3 Å². The molecule has 1 aliphatic rings. The molecule has 1 aromatic rings. The summed E-state index contributed by atoms with van der Waals surface area (Å²) in [7, 11) is 0. The van der Waals surface area contributed by atoms with Gasteiger partial charge >= 0.3 is 0 Å². The number of anilines is 1. The molecule has 2 heteroatoms. The van der Waals surface area contributed by atoms with Gasteiger partial charge < -0.3 is 5.32 Å². The molecule has 1 N–H and O–H groups in total. The minimum Gasteiger partial charge on any atom is -0.385 e. The topological polar surface area (TPSA) is 12.0 Å². The molecule has 1 nitrogen and oxygen atoms in total. The minimum atomic E-state index is 0.639. The van der Waals surface area contributed by atoms with Crippen LogP contribution in [-0.4, -0.2) is 6.54 Å². The maximum Gasteiger partial charge on any atom is 0.0410 e. The molecular weight excluding hydrogens is 170 g/mol. The largest absolute Gasteiger partial charge is 0.385 e. The molecule has 1 aromatic carbocycles. The summed E-state index contributed by atoms with van der Waals surface area (Å²) in [6.45, 7) is 3.33. The van der Waals surface area contributed by atoms with Crippen molar-refractivity contribution in [2.45, 2.75) is 19.3 Å². The van der Waals surface area contributed by atoms with Crippen molar-refractivity contribution in [3.05, 3.63) is 28.8 Å². The van der Waals surface area contributed by atoms with E-state index >= 15 is 0 Å². The van der Waals surface area contributed by atoms with Crippen molar-refractivity contribution in [3.8, 4) is 0 Å². The molecule has 0 spiro atoms. The van der Waals surface area contributed by atoms with Crippen molar-refractivity contribution in [1.29, 1.82) is 0 Å². The van der Waals surface area contributed by atoms with Crippen LogP contribution < -0.4 is 5.32 Å². The second-order valence-corrected chi connectivity index (χ2v) is 3.78. The van der Waals surface area contributed by atoms with Gasteiger partial charge in [0.05, 0.1) is 0 Å². The lowest BCUT2D eigenvalue weighted by atomic mass is 9.93. The van der Waals surface area contributed by atoms with Crippen LogP contribution in [-0.2, 0) is 0 Å². The van der Waals surface area contributed by atoms with Crippen molar-refractivity contribution in [2.75, 3.05) is 11.9 Å². The van der Waals surface area contributed by atoms with Gasteiger partial charge in [0.15, 0.2) is 0 Å². The number of benzene rings is 1. The third-order valence-electron chi connectivity index (χ3n) is 2.44. The molecular formula is C10H12ClN. The molecule has 0 radical (unpaired) electrons. The standard InChI is InChI=1S/C10H12ClN/c1-7-4-5-12-10-3-2-8(11)6-9(7)10/h2-3,6-7,12H,4-5H2,1H3. The molecule has 1 unspecified atom stereocenters. The molecule has 12 heavy (non-hydrogen) atoms. The van der Waals surface area contributed by atoms with E-state index in [-0.39, 0.29) is 0 Å². The van der Waals surface area contributed by atoms with Crippen molar-refractivity contribution in [3.63, 3.8) is 0 Å². The van der Waals surface area contributed by atoms with E-state index in [1.165, 1.54) is 17.7 Å². The van der Waals surface area contributed by atoms with Crippen LogP contribution in [0.3, 0.4) is 0 Å². The monoisotopic (exact) mass is 181 g/mol. The van der Waals surface area contributed by atoms with E-state index in [1.54, 1.807) is 0 Å². The van der Waals surface area contributed by atoms with E-state index in [4.69, 9.17) is 11.6 Å². The first-order valence-corrected chi connectivity index (χ1v) is 4.68. The third kappa shape index (κ3) is 1.29. The predicted molar refractivity (Wildman–Crippen MR) is 53.0 cm³/mol. The van der Waals surface area contributed by atoms with Crippen molar-refractivity contribution in [2.24, 2.45) is 0 Å². The summed E-state index contributed by atoms with van der Waals surface area (Å²) in [6.07, 6.45) is 1.20.